The van der Waals surface area contributed by atoms with Gasteiger partial charge in [0.2, 0.25) is 0 Å². The lowest BCUT2D eigenvalue weighted by molar-refractivity contribution is 0.617. The summed E-state index contributed by atoms with van der Waals surface area (Å²) in [7, 11) is 0. The lowest BCUT2D eigenvalue weighted by Crippen LogP contribution is -1.87. The van der Waals surface area contributed by atoms with Crippen LogP contribution >= 0.6 is 27.7 Å². The second-order valence-corrected chi connectivity index (χ2v) is 5.11. The molecule has 2 aromatic rings. The van der Waals surface area contributed by atoms with Gasteiger partial charge >= 0.3 is 0 Å². The van der Waals surface area contributed by atoms with Gasteiger partial charge in [-0.15, -0.1) is 11.8 Å². The van der Waals surface area contributed by atoms with Gasteiger partial charge in [0.15, 0.2) is 0 Å². The summed E-state index contributed by atoms with van der Waals surface area (Å²) in [5, 5.41) is 0.895. The molecule has 0 fully saturated rings. The Morgan fingerprint density at radius 2 is 2.00 bits per heavy atom. The Labute approximate surface area is 106 Å². The molecule has 0 bridgehead atoms. The Kier molecular flexibility index (Phi) is 3.96. The highest BCUT2D eigenvalue weighted by Crippen LogP contribution is 2.23. The number of rotatable bonds is 3. The highest BCUT2D eigenvalue weighted by atomic mass is 79.9. The van der Waals surface area contributed by atoms with Gasteiger partial charge in [-0.1, -0.05) is 18.2 Å². The first-order valence-electron chi connectivity index (χ1n) is 4.73. The average molecular weight is 298 g/mol. The smallest absolute Gasteiger partial charge is 0.127 e. The van der Waals surface area contributed by atoms with Crippen molar-refractivity contribution in [2.24, 2.45) is 0 Å². The van der Waals surface area contributed by atoms with Crippen LogP contribution in [-0.4, -0.2) is 4.98 Å². The fourth-order valence-corrected chi connectivity index (χ4v) is 2.28. The minimum absolute atomic E-state index is 0.160. The molecular formula is C12H9BrFNS. The van der Waals surface area contributed by atoms with Crippen LogP contribution in [0.1, 0.15) is 5.56 Å². The van der Waals surface area contributed by atoms with Crippen molar-refractivity contribution in [2.75, 3.05) is 0 Å². The molecule has 0 saturated carbocycles. The molecule has 0 aliphatic rings. The van der Waals surface area contributed by atoms with E-state index in [-0.39, 0.29) is 5.82 Å². The molecule has 0 unspecified atom stereocenters. The third-order valence-corrected chi connectivity index (χ3v) is 3.50. The summed E-state index contributed by atoms with van der Waals surface area (Å²) in [6, 6.07) is 10.6. The molecule has 1 heterocycles. The van der Waals surface area contributed by atoms with Crippen LogP contribution in [0, 0.1) is 5.82 Å². The van der Waals surface area contributed by atoms with Crippen LogP contribution in [0.3, 0.4) is 0 Å². The summed E-state index contributed by atoms with van der Waals surface area (Å²) in [4.78, 5) is 4.22. The maximum atomic E-state index is 13.3. The Morgan fingerprint density at radius 1 is 1.19 bits per heavy atom. The molecule has 1 nitrogen and oxygen atoms in total. The van der Waals surface area contributed by atoms with E-state index >= 15 is 0 Å². The largest absolute Gasteiger partial charge is 0.249 e. The fourth-order valence-electron chi connectivity index (χ4n) is 1.21. The highest BCUT2D eigenvalue weighted by molar-refractivity contribution is 9.10. The molecular weight excluding hydrogens is 289 g/mol. The Bertz CT molecular complexity index is 473. The van der Waals surface area contributed by atoms with Gasteiger partial charge in [-0.05, 0) is 39.7 Å². The predicted molar refractivity (Wildman–Crippen MR) is 67.9 cm³/mol. The minimum Gasteiger partial charge on any atom is -0.249 e. The van der Waals surface area contributed by atoms with Crippen molar-refractivity contribution in [3.63, 3.8) is 0 Å². The topological polar surface area (TPSA) is 12.9 Å². The van der Waals surface area contributed by atoms with Crippen molar-refractivity contribution >= 4 is 27.7 Å². The first kappa shape index (κ1) is 11.6. The summed E-state index contributed by atoms with van der Waals surface area (Å²) in [6.45, 7) is 0. The van der Waals surface area contributed by atoms with E-state index < -0.39 is 0 Å². The number of pyridine rings is 1. The molecule has 4 heteroatoms. The Balaban J connectivity index is 2.02. The summed E-state index contributed by atoms with van der Waals surface area (Å²) in [5.74, 6) is 0.438. The molecule has 1 aromatic carbocycles. The Hall–Kier alpha value is -0.870. The molecule has 0 atom stereocenters. The molecule has 0 spiro atoms. The van der Waals surface area contributed by atoms with Crippen LogP contribution in [0.2, 0.25) is 0 Å². The molecule has 0 aliphatic carbocycles. The zero-order valence-corrected chi connectivity index (χ0v) is 10.8. The van der Waals surface area contributed by atoms with E-state index in [1.54, 1.807) is 18.3 Å². The molecule has 0 aliphatic heterocycles. The summed E-state index contributed by atoms with van der Waals surface area (Å²) >= 11 is 4.85. The number of hydrogen-bond donors (Lipinski definition) is 0. The molecule has 1 aromatic heterocycles. The summed E-state index contributed by atoms with van der Waals surface area (Å²) < 4.78 is 14.3. The van der Waals surface area contributed by atoms with Gasteiger partial charge in [0.25, 0.3) is 0 Å². The Morgan fingerprint density at radius 3 is 2.69 bits per heavy atom. The van der Waals surface area contributed by atoms with E-state index in [2.05, 4.69) is 20.9 Å². The van der Waals surface area contributed by atoms with E-state index in [9.17, 15) is 4.39 Å². The zero-order valence-electron chi connectivity index (χ0n) is 8.36. The zero-order chi connectivity index (χ0) is 11.4. The van der Waals surface area contributed by atoms with Crippen molar-refractivity contribution in [1.29, 1.82) is 0 Å². The van der Waals surface area contributed by atoms with Gasteiger partial charge in [-0.3, -0.25) is 0 Å². The predicted octanol–water partition coefficient (Wildman–Crippen LogP) is 4.28. The molecule has 82 valence electrons. The SMILES string of the molecule is Fc1ccccc1CSc1ccc(Br)cn1. The highest BCUT2D eigenvalue weighted by Gasteiger charge is 2.02. The van der Waals surface area contributed by atoms with E-state index in [1.807, 2.05) is 18.2 Å². The standard InChI is InChI=1S/C12H9BrFNS/c13-10-5-6-12(15-7-10)16-8-9-3-1-2-4-11(9)14/h1-7H,8H2. The van der Waals surface area contributed by atoms with Crippen molar-refractivity contribution < 1.29 is 4.39 Å². The minimum atomic E-state index is -0.160. The lowest BCUT2D eigenvalue weighted by Gasteiger charge is -2.02. The lowest BCUT2D eigenvalue weighted by atomic mass is 10.2. The monoisotopic (exact) mass is 297 g/mol. The van der Waals surface area contributed by atoms with Gasteiger partial charge in [-0.25, -0.2) is 9.37 Å². The van der Waals surface area contributed by atoms with E-state index in [4.69, 9.17) is 0 Å². The molecule has 16 heavy (non-hydrogen) atoms. The second-order valence-electron chi connectivity index (χ2n) is 3.19. The molecule has 2 rings (SSSR count). The number of hydrogen-bond acceptors (Lipinski definition) is 2. The van der Waals surface area contributed by atoms with Crippen LogP contribution in [0.5, 0.6) is 0 Å². The molecule has 0 N–H and O–H groups in total. The van der Waals surface area contributed by atoms with Crippen molar-refractivity contribution in [3.8, 4) is 0 Å². The third-order valence-electron chi connectivity index (χ3n) is 2.03. The van der Waals surface area contributed by atoms with Gasteiger partial charge in [-0.2, -0.15) is 0 Å². The maximum absolute atomic E-state index is 13.3. The number of thioether (sulfide) groups is 1. The van der Waals surface area contributed by atoms with Gasteiger partial charge in [0.1, 0.15) is 5.82 Å². The second kappa shape index (κ2) is 5.46. The van der Waals surface area contributed by atoms with Crippen molar-refractivity contribution in [3.05, 3.63) is 58.4 Å². The van der Waals surface area contributed by atoms with E-state index in [1.165, 1.54) is 17.8 Å². The van der Waals surface area contributed by atoms with Crippen LogP contribution in [-0.2, 0) is 5.75 Å². The fraction of sp³-hybridized carbons (Fsp3) is 0.0833. The molecule has 0 saturated heterocycles. The van der Waals surface area contributed by atoms with Crippen molar-refractivity contribution in [2.45, 2.75) is 10.8 Å². The molecule has 0 radical (unpaired) electrons. The number of benzene rings is 1. The van der Waals surface area contributed by atoms with Gasteiger partial charge in [0, 0.05) is 16.4 Å². The summed E-state index contributed by atoms with van der Waals surface area (Å²) in [5.41, 5.74) is 0.706. The van der Waals surface area contributed by atoms with Crippen LogP contribution in [0.25, 0.3) is 0 Å². The van der Waals surface area contributed by atoms with E-state index in [0.717, 1.165) is 9.50 Å². The number of aromatic nitrogens is 1. The van der Waals surface area contributed by atoms with Crippen LogP contribution < -0.4 is 0 Å². The first-order chi connectivity index (χ1) is 7.75. The van der Waals surface area contributed by atoms with Crippen LogP contribution in [0.4, 0.5) is 4.39 Å². The molecule has 0 amide bonds. The van der Waals surface area contributed by atoms with Crippen molar-refractivity contribution in [1.82, 2.24) is 4.98 Å². The third kappa shape index (κ3) is 3.06. The normalized spacial score (nSPS) is 10.4. The van der Waals surface area contributed by atoms with E-state index in [0.29, 0.717) is 11.3 Å². The number of nitrogens with zero attached hydrogens (tertiary/aromatic N) is 1. The first-order valence-corrected chi connectivity index (χ1v) is 6.51. The summed E-state index contributed by atoms with van der Waals surface area (Å²) in [6.07, 6.45) is 1.74. The van der Waals surface area contributed by atoms with Crippen LogP contribution in [0.15, 0.2) is 52.1 Å². The average Bonchev–Trinajstić information content (AvgIpc) is 2.30. The number of halogens is 2. The quantitative estimate of drug-likeness (QED) is 0.785. The van der Waals surface area contributed by atoms with Gasteiger partial charge < -0.3 is 0 Å². The van der Waals surface area contributed by atoms with Gasteiger partial charge in [0.05, 0.1) is 5.03 Å². The maximum Gasteiger partial charge on any atom is 0.127 e.